The zero-order valence-electron chi connectivity index (χ0n) is 13.1. The van der Waals surface area contributed by atoms with Crippen LogP contribution in [-0.2, 0) is 4.74 Å². The summed E-state index contributed by atoms with van der Waals surface area (Å²) in [6, 6.07) is 6.71. The van der Waals surface area contributed by atoms with Crippen molar-refractivity contribution in [3.63, 3.8) is 0 Å². The van der Waals surface area contributed by atoms with Crippen molar-refractivity contribution >= 4 is 5.69 Å². The largest absolute Gasteiger partial charge is 0.391 e. The van der Waals surface area contributed by atoms with Gasteiger partial charge in [-0.25, -0.2) is 0 Å². The second kappa shape index (κ2) is 6.34. The van der Waals surface area contributed by atoms with Crippen molar-refractivity contribution in [2.24, 2.45) is 0 Å². The number of piperazine rings is 1. The standard InChI is InChI=1S/C17H26N2O2/c1-13-4-3-5-15(14(13)2)18-7-9-19(10-8-18)16-12-21-11-6-17(16)20/h3-5,16-17,20H,6-12H2,1-2H3. The van der Waals surface area contributed by atoms with Gasteiger partial charge in [0.25, 0.3) is 0 Å². The summed E-state index contributed by atoms with van der Waals surface area (Å²) in [5, 5.41) is 10.1. The van der Waals surface area contributed by atoms with Crippen LogP contribution >= 0.6 is 0 Å². The summed E-state index contributed by atoms with van der Waals surface area (Å²) >= 11 is 0. The highest BCUT2D eigenvalue weighted by atomic mass is 16.5. The second-order valence-corrected chi connectivity index (χ2v) is 6.24. The first-order valence-corrected chi connectivity index (χ1v) is 7.98. The summed E-state index contributed by atoms with van der Waals surface area (Å²) in [7, 11) is 0. The molecule has 1 aromatic rings. The summed E-state index contributed by atoms with van der Waals surface area (Å²) < 4.78 is 5.54. The third kappa shape index (κ3) is 3.07. The Bertz CT molecular complexity index is 484. The maximum atomic E-state index is 10.1. The van der Waals surface area contributed by atoms with E-state index in [2.05, 4.69) is 41.8 Å². The number of hydrogen-bond donors (Lipinski definition) is 1. The quantitative estimate of drug-likeness (QED) is 0.897. The van der Waals surface area contributed by atoms with Crippen LogP contribution in [0.25, 0.3) is 0 Å². The van der Waals surface area contributed by atoms with E-state index in [9.17, 15) is 5.11 Å². The molecule has 4 heteroatoms. The summed E-state index contributed by atoms with van der Waals surface area (Å²) in [4.78, 5) is 4.86. The van der Waals surface area contributed by atoms with Crippen molar-refractivity contribution < 1.29 is 9.84 Å². The van der Waals surface area contributed by atoms with E-state index in [1.54, 1.807) is 0 Å². The lowest BCUT2D eigenvalue weighted by Crippen LogP contribution is -2.56. The first-order chi connectivity index (χ1) is 10.2. The molecular weight excluding hydrogens is 264 g/mol. The van der Waals surface area contributed by atoms with E-state index >= 15 is 0 Å². The zero-order valence-corrected chi connectivity index (χ0v) is 13.1. The van der Waals surface area contributed by atoms with Gasteiger partial charge in [0.05, 0.1) is 18.8 Å². The molecule has 0 radical (unpaired) electrons. The lowest BCUT2D eigenvalue weighted by Gasteiger charge is -2.43. The molecule has 1 N–H and O–H groups in total. The van der Waals surface area contributed by atoms with Crippen LogP contribution in [0.15, 0.2) is 18.2 Å². The Labute approximate surface area is 127 Å². The Morgan fingerprint density at radius 3 is 2.62 bits per heavy atom. The molecule has 0 amide bonds. The third-order valence-corrected chi connectivity index (χ3v) is 4.99. The van der Waals surface area contributed by atoms with Crippen molar-refractivity contribution in [1.82, 2.24) is 4.90 Å². The van der Waals surface area contributed by atoms with Gasteiger partial charge in [-0.1, -0.05) is 12.1 Å². The molecule has 0 bridgehead atoms. The summed E-state index contributed by atoms with van der Waals surface area (Å²) in [5.74, 6) is 0. The highest BCUT2D eigenvalue weighted by molar-refractivity contribution is 5.56. The van der Waals surface area contributed by atoms with Crippen molar-refractivity contribution in [3.8, 4) is 0 Å². The highest BCUT2D eigenvalue weighted by Crippen LogP contribution is 2.25. The van der Waals surface area contributed by atoms with Crippen LogP contribution in [0.3, 0.4) is 0 Å². The molecule has 0 spiro atoms. The van der Waals surface area contributed by atoms with E-state index in [0.29, 0.717) is 13.2 Å². The molecule has 0 aliphatic carbocycles. The monoisotopic (exact) mass is 290 g/mol. The molecule has 2 heterocycles. The minimum Gasteiger partial charge on any atom is -0.391 e. The maximum absolute atomic E-state index is 10.1. The number of hydrogen-bond acceptors (Lipinski definition) is 4. The molecule has 2 unspecified atom stereocenters. The molecule has 2 fully saturated rings. The lowest BCUT2D eigenvalue weighted by atomic mass is 10.0. The number of anilines is 1. The zero-order chi connectivity index (χ0) is 14.8. The summed E-state index contributed by atoms with van der Waals surface area (Å²) in [6.45, 7) is 9.78. The van der Waals surface area contributed by atoms with E-state index in [4.69, 9.17) is 4.74 Å². The predicted octanol–water partition coefficient (Wildman–Crippen LogP) is 1.58. The molecule has 0 aromatic heterocycles. The molecule has 2 aliphatic rings. The minimum atomic E-state index is -0.231. The number of aryl methyl sites for hydroxylation is 1. The van der Waals surface area contributed by atoms with Crippen molar-refractivity contribution in [2.75, 3.05) is 44.3 Å². The van der Waals surface area contributed by atoms with Gasteiger partial charge in [-0.05, 0) is 37.5 Å². The van der Waals surface area contributed by atoms with Crippen LogP contribution < -0.4 is 4.90 Å². The van der Waals surface area contributed by atoms with Gasteiger partial charge in [0.1, 0.15) is 0 Å². The summed E-state index contributed by atoms with van der Waals surface area (Å²) in [5.41, 5.74) is 4.09. The van der Waals surface area contributed by atoms with Crippen LogP contribution in [0, 0.1) is 13.8 Å². The van der Waals surface area contributed by atoms with Gasteiger partial charge < -0.3 is 14.7 Å². The number of ether oxygens (including phenoxy) is 1. The number of nitrogens with zero attached hydrogens (tertiary/aromatic N) is 2. The fourth-order valence-electron chi connectivity index (χ4n) is 3.43. The number of rotatable bonds is 2. The first kappa shape index (κ1) is 14.8. The van der Waals surface area contributed by atoms with E-state index in [-0.39, 0.29) is 12.1 Å². The Balaban J connectivity index is 1.63. The number of benzene rings is 1. The molecule has 2 atom stereocenters. The van der Waals surface area contributed by atoms with E-state index < -0.39 is 0 Å². The van der Waals surface area contributed by atoms with Gasteiger partial charge in [0, 0.05) is 38.5 Å². The average Bonchev–Trinajstić information content (AvgIpc) is 2.51. The van der Waals surface area contributed by atoms with Crippen LogP contribution in [-0.4, -0.2) is 61.5 Å². The predicted molar refractivity (Wildman–Crippen MR) is 84.9 cm³/mol. The Morgan fingerprint density at radius 1 is 1.14 bits per heavy atom. The van der Waals surface area contributed by atoms with Crippen LogP contribution in [0.5, 0.6) is 0 Å². The van der Waals surface area contributed by atoms with Gasteiger partial charge in [-0.3, -0.25) is 4.90 Å². The van der Waals surface area contributed by atoms with Crippen LogP contribution in [0.2, 0.25) is 0 Å². The smallest absolute Gasteiger partial charge is 0.0739 e. The van der Waals surface area contributed by atoms with Gasteiger partial charge in [-0.15, -0.1) is 0 Å². The fraction of sp³-hybridized carbons (Fsp3) is 0.647. The minimum absolute atomic E-state index is 0.180. The molecule has 4 nitrogen and oxygen atoms in total. The summed E-state index contributed by atoms with van der Waals surface area (Å²) in [6.07, 6.45) is 0.535. The highest BCUT2D eigenvalue weighted by Gasteiger charge is 2.31. The van der Waals surface area contributed by atoms with Crippen LogP contribution in [0.1, 0.15) is 17.5 Å². The topological polar surface area (TPSA) is 35.9 Å². The van der Waals surface area contributed by atoms with E-state index in [0.717, 1.165) is 32.6 Å². The third-order valence-electron chi connectivity index (χ3n) is 4.99. The molecule has 1 aromatic carbocycles. The number of aliphatic hydroxyl groups is 1. The van der Waals surface area contributed by atoms with Crippen molar-refractivity contribution in [3.05, 3.63) is 29.3 Å². The van der Waals surface area contributed by atoms with Crippen molar-refractivity contribution in [2.45, 2.75) is 32.4 Å². The Kier molecular flexibility index (Phi) is 4.48. The number of aliphatic hydroxyl groups excluding tert-OH is 1. The molecule has 2 saturated heterocycles. The molecule has 21 heavy (non-hydrogen) atoms. The van der Waals surface area contributed by atoms with Crippen LogP contribution in [0.4, 0.5) is 5.69 Å². The molecule has 3 rings (SSSR count). The van der Waals surface area contributed by atoms with Gasteiger partial charge in [0.15, 0.2) is 0 Å². The molecule has 116 valence electrons. The Morgan fingerprint density at radius 2 is 1.90 bits per heavy atom. The Hall–Kier alpha value is -1.10. The molecular formula is C17H26N2O2. The molecule has 2 aliphatic heterocycles. The SMILES string of the molecule is Cc1cccc(N2CCN(C3COCCC3O)CC2)c1C. The van der Waals surface area contributed by atoms with E-state index in [1.807, 2.05) is 0 Å². The van der Waals surface area contributed by atoms with Gasteiger partial charge in [-0.2, -0.15) is 0 Å². The maximum Gasteiger partial charge on any atom is 0.0739 e. The van der Waals surface area contributed by atoms with E-state index in [1.165, 1.54) is 16.8 Å². The molecule has 0 saturated carbocycles. The van der Waals surface area contributed by atoms with Gasteiger partial charge >= 0.3 is 0 Å². The first-order valence-electron chi connectivity index (χ1n) is 7.98. The van der Waals surface area contributed by atoms with Gasteiger partial charge in [0.2, 0.25) is 0 Å². The lowest BCUT2D eigenvalue weighted by molar-refractivity contribution is -0.0624. The van der Waals surface area contributed by atoms with Crippen molar-refractivity contribution in [1.29, 1.82) is 0 Å². The fourth-order valence-corrected chi connectivity index (χ4v) is 3.43. The normalized spacial score (nSPS) is 27.9. The average molecular weight is 290 g/mol. The second-order valence-electron chi connectivity index (χ2n) is 6.24.